The summed E-state index contributed by atoms with van der Waals surface area (Å²) in [5.41, 5.74) is -0.849. The molecule has 4 atom stereocenters. The van der Waals surface area contributed by atoms with E-state index in [1.165, 1.54) is 18.2 Å². The van der Waals surface area contributed by atoms with Crippen LogP contribution in [0.2, 0.25) is 0 Å². The molecular formula is C25H18F3N4O5+. The van der Waals surface area contributed by atoms with Crippen molar-refractivity contribution in [2.75, 3.05) is 24.7 Å². The van der Waals surface area contributed by atoms with E-state index >= 15 is 0 Å². The van der Waals surface area contributed by atoms with Gasteiger partial charge >= 0.3 is 12.2 Å². The van der Waals surface area contributed by atoms with Gasteiger partial charge in [-0.2, -0.15) is 18.1 Å². The molecule has 188 valence electrons. The Kier molecular flexibility index (Phi) is 4.82. The predicted molar refractivity (Wildman–Crippen MR) is 124 cm³/mol. The molecule has 0 N–H and O–H groups in total. The minimum absolute atomic E-state index is 0.0254. The van der Waals surface area contributed by atoms with Gasteiger partial charge in [0.15, 0.2) is 12.1 Å². The van der Waals surface area contributed by atoms with Crippen molar-refractivity contribution in [1.82, 2.24) is 4.90 Å². The Morgan fingerprint density at radius 3 is 2.30 bits per heavy atom. The number of rotatable bonds is 4. The molecule has 37 heavy (non-hydrogen) atoms. The zero-order chi connectivity index (χ0) is 26.3. The van der Waals surface area contributed by atoms with E-state index in [9.17, 15) is 37.7 Å². The van der Waals surface area contributed by atoms with E-state index in [0.29, 0.717) is 5.39 Å². The number of halogens is 3. The Morgan fingerprint density at radius 2 is 1.65 bits per heavy atom. The van der Waals surface area contributed by atoms with Gasteiger partial charge < -0.3 is 0 Å². The van der Waals surface area contributed by atoms with Gasteiger partial charge in [-0.3, -0.25) is 19.7 Å². The summed E-state index contributed by atoms with van der Waals surface area (Å²) >= 11 is 0. The molecule has 6 rings (SSSR count). The number of nitro groups is 1. The summed E-state index contributed by atoms with van der Waals surface area (Å²) in [5, 5.41) is 12.1. The fourth-order valence-electron chi connectivity index (χ4n) is 5.90. The SMILES string of the molecule is O=C(c1ccc(C(F)(F)F)cc1)C1CN2CC3C(=O)N(c4ccc([N+](=O)[O-])c5ccccc45)C(=O)[N+]13C2. The normalized spacial score (nSPS) is 26.7. The summed E-state index contributed by atoms with van der Waals surface area (Å²) in [6, 6.07) is 10.3. The Balaban J connectivity index is 1.41. The first-order valence-electron chi connectivity index (χ1n) is 11.4. The van der Waals surface area contributed by atoms with Gasteiger partial charge in [0.2, 0.25) is 5.78 Å². The van der Waals surface area contributed by atoms with Crippen molar-refractivity contribution in [3.8, 4) is 0 Å². The number of Topliss-reactive ketones (excluding diaryl/α,β-unsaturated/α-hetero) is 1. The minimum Gasteiger partial charge on any atom is -0.287 e. The lowest BCUT2D eigenvalue weighted by Crippen LogP contribution is -2.62. The molecule has 3 aromatic carbocycles. The first-order valence-corrected chi connectivity index (χ1v) is 11.4. The summed E-state index contributed by atoms with van der Waals surface area (Å²) < 4.78 is 38.5. The number of urea groups is 1. The maximum atomic E-state index is 14.0. The van der Waals surface area contributed by atoms with Crippen molar-refractivity contribution in [2.24, 2.45) is 0 Å². The minimum atomic E-state index is -4.55. The molecule has 0 aromatic heterocycles. The molecule has 12 heteroatoms. The van der Waals surface area contributed by atoms with Crippen LogP contribution < -0.4 is 4.90 Å². The van der Waals surface area contributed by atoms with Crippen LogP contribution in [-0.2, 0) is 11.0 Å². The third-order valence-electron chi connectivity index (χ3n) is 7.58. The van der Waals surface area contributed by atoms with E-state index in [1.807, 2.05) is 4.90 Å². The van der Waals surface area contributed by atoms with Gasteiger partial charge in [-0.15, -0.1) is 0 Å². The van der Waals surface area contributed by atoms with Crippen molar-refractivity contribution in [3.63, 3.8) is 0 Å². The average Bonchev–Trinajstić information content (AvgIpc) is 3.50. The van der Waals surface area contributed by atoms with Crippen LogP contribution in [-0.4, -0.2) is 63.9 Å². The highest BCUT2D eigenvalue weighted by Crippen LogP contribution is 2.46. The third kappa shape index (κ3) is 3.15. The number of carbonyl (C=O) groups excluding carboxylic acids is 3. The highest BCUT2D eigenvalue weighted by molar-refractivity contribution is 6.23. The highest BCUT2D eigenvalue weighted by Gasteiger charge is 2.73. The molecule has 1 spiro atoms. The van der Waals surface area contributed by atoms with Crippen molar-refractivity contribution in [3.05, 3.63) is 81.9 Å². The van der Waals surface area contributed by atoms with Crippen molar-refractivity contribution < 1.29 is 37.0 Å². The summed E-state index contributed by atoms with van der Waals surface area (Å²) in [4.78, 5) is 54.9. The van der Waals surface area contributed by atoms with Crippen molar-refractivity contribution >= 4 is 39.9 Å². The van der Waals surface area contributed by atoms with E-state index in [-0.39, 0.29) is 42.1 Å². The molecule has 4 unspecified atom stereocenters. The second-order valence-corrected chi connectivity index (χ2v) is 9.44. The van der Waals surface area contributed by atoms with Crippen LogP contribution in [0.25, 0.3) is 10.8 Å². The fraction of sp³-hybridized carbons (Fsp3) is 0.240. The Bertz CT molecular complexity index is 1520. The number of amides is 3. The molecule has 0 aliphatic carbocycles. The fourth-order valence-corrected chi connectivity index (χ4v) is 5.90. The van der Waals surface area contributed by atoms with Crippen LogP contribution >= 0.6 is 0 Å². The van der Waals surface area contributed by atoms with Gasteiger partial charge in [0.1, 0.15) is 6.67 Å². The molecule has 3 saturated heterocycles. The largest absolute Gasteiger partial charge is 0.433 e. The second-order valence-electron chi connectivity index (χ2n) is 9.44. The Morgan fingerprint density at radius 1 is 0.973 bits per heavy atom. The Hall–Kier alpha value is -4.16. The number of hydrogen-bond donors (Lipinski definition) is 0. The predicted octanol–water partition coefficient (Wildman–Crippen LogP) is 3.96. The summed E-state index contributed by atoms with van der Waals surface area (Å²) in [6.07, 6.45) is -4.55. The summed E-state index contributed by atoms with van der Waals surface area (Å²) in [7, 11) is 0. The van der Waals surface area contributed by atoms with E-state index in [0.717, 1.165) is 29.2 Å². The molecular weight excluding hydrogens is 493 g/mol. The van der Waals surface area contributed by atoms with Gasteiger partial charge in [-0.1, -0.05) is 30.3 Å². The molecule has 0 saturated carbocycles. The molecule has 3 heterocycles. The topological polar surface area (TPSA) is 101 Å². The lowest BCUT2D eigenvalue weighted by molar-refractivity contribution is -0.852. The van der Waals surface area contributed by atoms with E-state index in [2.05, 4.69) is 0 Å². The standard InChI is InChI=1S/C25H18F3N4O5/c26-25(27,28)15-7-5-14(6-8-15)22(33)20-11-29-12-21-23(34)30(24(35)32(20,21)13-29)18-9-10-19(31(36)37)17-4-2-1-3-16(17)18/h1-10,20-21H,11-13H2/q+1. The quantitative estimate of drug-likeness (QED) is 0.173. The molecule has 3 aliphatic rings. The number of piperazine rings is 1. The number of quaternary nitrogens is 1. The molecule has 9 nitrogen and oxygen atoms in total. The van der Waals surface area contributed by atoms with E-state index in [4.69, 9.17) is 0 Å². The number of carbonyl (C=O) groups is 3. The van der Waals surface area contributed by atoms with Crippen LogP contribution in [0.1, 0.15) is 15.9 Å². The lowest BCUT2D eigenvalue weighted by atomic mass is 9.98. The smallest absolute Gasteiger partial charge is 0.287 e. The van der Waals surface area contributed by atoms with Crippen LogP contribution in [0, 0.1) is 10.1 Å². The Labute approximate surface area is 207 Å². The number of anilines is 1. The van der Waals surface area contributed by atoms with Gasteiger partial charge in [-0.05, 0) is 24.3 Å². The number of hydrogen-bond acceptors (Lipinski definition) is 6. The van der Waals surface area contributed by atoms with Crippen LogP contribution in [0.15, 0.2) is 60.7 Å². The molecule has 3 amide bonds. The number of alkyl halides is 3. The third-order valence-corrected chi connectivity index (χ3v) is 7.58. The first kappa shape index (κ1) is 23.3. The van der Waals surface area contributed by atoms with Gasteiger partial charge in [-0.25, -0.2) is 14.2 Å². The highest BCUT2D eigenvalue weighted by atomic mass is 19.4. The van der Waals surface area contributed by atoms with Crippen LogP contribution in [0.5, 0.6) is 0 Å². The maximum Gasteiger partial charge on any atom is 0.433 e. The first-order chi connectivity index (χ1) is 17.5. The second kappa shape index (κ2) is 7.67. The number of fused-ring (bicyclic) bond motifs is 2. The van der Waals surface area contributed by atoms with Crippen molar-refractivity contribution in [1.29, 1.82) is 0 Å². The maximum absolute atomic E-state index is 14.0. The molecule has 3 aliphatic heterocycles. The summed E-state index contributed by atoms with van der Waals surface area (Å²) in [5.74, 6) is -1.03. The van der Waals surface area contributed by atoms with Gasteiger partial charge in [0.05, 0.1) is 34.6 Å². The number of ketones is 1. The zero-order valence-corrected chi connectivity index (χ0v) is 19.0. The van der Waals surface area contributed by atoms with Crippen LogP contribution in [0.4, 0.5) is 29.3 Å². The zero-order valence-electron chi connectivity index (χ0n) is 19.0. The molecule has 0 radical (unpaired) electrons. The lowest BCUT2D eigenvalue weighted by Gasteiger charge is -2.32. The molecule has 3 fully saturated rings. The monoisotopic (exact) mass is 511 g/mol. The number of nitrogens with zero attached hydrogens (tertiary/aromatic N) is 4. The van der Waals surface area contributed by atoms with E-state index < -0.39 is 51.0 Å². The van der Waals surface area contributed by atoms with E-state index in [1.54, 1.807) is 18.2 Å². The average molecular weight is 511 g/mol. The summed E-state index contributed by atoms with van der Waals surface area (Å²) in [6.45, 7) is 0.556. The number of benzene rings is 3. The molecule has 3 aromatic rings. The van der Waals surface area contributed by atoms with Crippen LogP contribution in [0.3, 0.4) is 0 Å². The number of nitro benzene ring substituents is 1. The number of non-ortho nitro benzene ring substituents is 1. The van der Waals surface area contributed by atoms with Gasteiger partial charge in [0, 0.05) is 17.0 Å². The van der Waals surface area contributed by atoms with Crippen molar-refractivity contribution in [2.45, 2.75) is 18.3 Å². The number of imide groups is 1. The van der Waals surface area contributed by atoms with Gasteiger partial charge in [0.25, 0.3) is 11.6 Å². The molecule has 2 bridgehead atoms.